The van der Waals surface area contributed by atoms with Crippen molar-refractivity contribution in [2.75, 3.05) is 6.54 Å². The molecule has 0 amide bonds. The number of hydrogen-bond donors (Lipinski definition) is 2. The molecular formula is C11H22N2O. The fraction of sp³-hybridized carbons (Fsp3) is 0.909. The van der Waals surface area contributed by atoms with E-state index in [4.69, 9.17) is 0 Å². The molecule has 82 valence electrons. The maximum atomic E-state index is 9.56. The Morgan fingerprint density at radius 3 is 2.71 bits per heavy atom. The minimum Gasteiger partial charge on any atom is -0.391 e. The standard InChI is InChI=1S/C11H22N2O/c1-9(14)11(2,3)13-10-7-5-4-6-8-12-10/h9,14H,4-8H2,1-3H3,(H,12,13). The van der Waals surface area contributed by atoms with Crippen LogP contribution in [-0.2, 0) is 0 Å². The summed E-state index contributed by atoms with van der Waals surface area (Å²) < 4.78 is 0. The first-order valence-corrected chi connectivity index (χ1v) is 5.52. The number of aliphatic imine (C=N–C) groups is 1. The van der Waals surface area contributed by atoms with Crippen molar-refractivity contribution in [1.29, 1.82) is 0 Å². The lowest BCUT2D eigenvalue weighted by Gasteiger charge is -2.31. The Balaban J connectivity index is 2.53. The summed E-state index contributed by atoms with van der Waals surface area (Å²) in [6.07, 6.45) is 4.33. The van der Waals surface area contributed by atoms with E-state index in [2.05, 4.69) is 10.3 Å². The molecule has 14 heavy (non-hydrogen) atoms. The van der Waals surface area contributed by atoms with Gasteiger partial charge in [-0.1, -0.05) is 6.42 Å². The molecule has 0 bridgehead atoms. The summed E-state index contributed by atoms with van der Waals surface area (Å²) >= 11 is 0. The maximum Gasteiger partial charge on any atom is 0.0968 e. The van der Waals surface area contributed by atoms with E-state index in [0.29, 0.717) is 0 Å². The molecule has 3 heteroatoms. The van der Waals surface area contributed by atoms with Crippen molar-refractivity contribution < 1.29 is 5.11 Å². The molecule has 1 rings (SSSR count). The van der Waals surface area contributed by atoms with Gasteiger partial charge in [0.05, 0.1) is 17.5 Å². The average molecular weight is 198 g/mol. The zero-order valence-corrected chi connectivity index (χ0v) is 9.51. The summed E-state index contributed by atoms with van der Waals surface area (Å²) in [5, 5.41) is 12.9. The van der Waals surface area contributed by atoms with Crippen LogP contribution in [0.2, 0.25) is 0 Å². The molecule has 0 aliphatic carbocycles. The number of amidine groups is 1. The Labute approximate surface area is 86.6 Å². The van der Waals surface area contributed by atoms with Crippen LogP contribution in [0.25, 0.3) is 0 Å². The third-order valence-corrected chi connectivity index (χ3v) is 2.89. The molecule has 0 saturated carbocycles. The van der Waals surface area contributed by atoms with Crippen LogP contribution in [0.15, 0.2) is 4.99 Å². The third kappa shape index (κ3) is 3.29. The van der Waals surface area contributed by atoms with Gasteiger partial charge in [0.2, 0.25) is 0 Å². The van der Waals surface area contributed by atoms with E-state index >= 15 is 0 Å². The van der Waals surface area contributed by atoms with Crippen molar-refractivity contribution >= 4 is 5.84 Å². The highest BCUT2D eigenvalue weighted by Gasteiger charge is 2.24. The zero-order chi connectivity index (χ0) is 10.6. The van der Waals surface area contributed by atoms with Crippen LogP contribution >= 0.6 is 0 Å². The van der Waals surface area contributed by atoms with Gasteiger partial charge >= 0.3 is 0 Å². The second-order valence-corrected chi connectivity index (χ2v) is 4.66. The monoisotopic (exact) mass is 198 g/mol. The molecule has 0 radical (unpaired) electrons. The smallest absolute Gasteiger partial charge is 0.0968 e. The molecule has 0 saturated heterocycles. The van der Waals surface area contributed by atoms with Crippen LogP contribution in [0.5, 0.6) is 0 Å². The topological polar surface area (TPSA) is 44.6 Å². The van der Waals surface area contributed by atoms with Crippen LogP contribution in [0, 0.1) is 0 Å². The summed E-state index contributed by atoms with van der Waals surface area (Å²) in [5.74, 6) is 1.06. The summed E-state index contributed by atoms with van der Waals surface area (Å²) in [7, 11) is 0. The number of nitrogens with one attached hydrogen (secondary N) is 1. The van der Waals surface area contributed by atoms with E-state index in [1.165, 1.54) is 19.3 Å². The summed E-state index contributed by atoms with van der Waals surface area (Å²) in [6.45, 7) is 6.75. The summed E-state index contributed by atoms with van der Waals surface area (Å²) in [4.78, 5) is 4.49. The largest absolute Gasteiger partial charge is 0.391 e. The maximum absolute atomic E-state index is 9.56. The average Bonchev–Trinajstić information content (AvgIpc) is 2.32. The lowest BCUT2D eigenvalue weighted by molar-refractivity contribution is 0.109. The minimum atomic E-state index is -0.367. The second-order valence-electron chi connectivity index (χ2n) is 4.66. The Kier molecular flexibility index (Phi) is 3.93. The van der Waals surface area contributed by atoms with E-state index < -0.39 is 0 Å². The molecule has 1 aliphatic heterocycles. The summed E-state index contributed by atoms with van der Waals surface area (Å²) in [6, 6.07) is 0. The molecule has 3 nitrogen and oxygen atoms in total. The number of nitrogens with zero attached hydrogens (tertiary/aromatic N) is 1. The normalized spacial score (nSPS) is 21.0. The van der Waals surface area contributed by atoms with Crippen molar-refractivity contribution in [3.8, 4) is 0 Å². The van der Waals surface area contributed by atoms with Gasteiger partial charge in [-0.05, 0) is 33.6 Å². The van der Waals surface area contributed by atoms with Crippen molar-refractivity contribution in [1.82, 2.24) is 5.32 Å². The van der Waals surface area contributed by atoms with E-state index in [0.717, 1.165) is 18.8 Å². The molecule has 0 aromatic rings. The Morgan fingerprint density at radius 2 is 2.07 bits per heavy atom. The molecule has 0 spiro atoms. The second kappa shape index (κ2) is 4.78. The van der Waals surface area contributed by atoms with Crippen molar-refractivity contribution in [2.24, 2.45) is 4.99 Å². The first-order chi connectivity index (χ1) is 6.52. The lowest BCUT2D eigenvalue weighted by atomic mass is 9.98. The van der Waals surface area contributed by atoms with Crippen molar-refractivity contribution in [3.63, 3.8) is 0 Å². The third-order valence-electron chi connectivity index (χ3n) is 2.89. The fourth-order valence-corrected chi connectivity index (χ4v) is 1.45. The summed E-state index contributed by atoms with van der Waals surface area (Å²) in [5.41, 5.74) is -0.275. The number of hydrogen-bond acceptors (Lipinski definition) is 3. The van der Waals surface area contributed by atoms with Gasteiger partial charge in [-0.2, -0.15) is 0 Å². The van der Waals surface area contributed by atoms with Crippen LogP contribution in [0.4, 0.5) is 0 Å². The van der Waals surface area contributed by atoms with E-state index in [-0.39, 0.29) is 11.6 Å². The molecule has 1 atom stereocenters. The van der Waals surface area contributed by atoms with Gasteiger partial charge in [0.15, 0.2) is 0 Å². The highest BCUT2D eigenvalue weighted by molar-refractivity contribution is 5.83. The predicted molar refractivity (Wildman–Crippen MR) is 59.7 cm³/mol. The van der Waals surface area contributed by atoms with E-state index in [9.17, 15) is 5.11 Å². The van der Waals surface area contributed by atoms with Crippen molar-refractivity contribution in [3.05, 3.63) is 0 Å². The van der Waals surface area contributed by atoms with E-state index in [1.54, 1.807) is 0 Å². The zero-order valence-electron chi connectivity index (χ0n) is 9.51. The Morgan fingerprint density at radius 1 is 1.36 bits per heavy atom. The van der Waals surface area contributed by atoms with Gasteiger partial charge in [-0.15, -0.1) is 0 Å². The molecule has 2 N–H and O–H groups in total. The van der Waals surface area contributed by atoms with Crippen molar-refractivity contribution in [2.45, 2.75) is 58.1 Å². The molecule has 0 aromatic carbocycles. The Bertz CT molecular complexity index is 209. The minimum absolute atomic E-state index is 0.275. The van der Waals surface area contributed by atoms with Gasteiger partial charge in [0, 0.05) is 13.0 Å². The fourth-order valence-electron chi connectivity index (χ4n) is 1.45. The Hall–Kier alpha value is -0.570. The lowest BCUT2D eigenvalue weighted by Crippen LogP contribution is -2.51. The molecular weight excluding hydrogens is 176 g/mol. The van der Waals surface area contributed by atoms with Crippen LogP contribution in [-0.4, -0.2) is 29.1 Å². The quantitative estimate of drug-likeness (QED) is 0.709. The first-order valence-electron chi connectivity index (χ1n) is 5.52. The number of aliphatic hydroxyl groups is 1. The van der Waals surface area contributed by atoms with Gasteiger partial charge in [0.25, 0.3) is 0 Å². The van der Waals surface area contributed by atoms with Crippen LogP contribution < -0.4 is 5.32 Å². The molecule has 0 aromatic heterocycles. The van der Waals surface area contributed by atoms with Gasteiger partial charge < -0.3 is 10.4 Å². The number of rotatable bonds is 2. The first kappa shape index (κ1) is 11.5. The van der Waals surface area contributed by atoms with E-state index in [1.807, 2.05) is 20.8 Å². The highest BCUT2D eigenvalue weighted by Crippen LogP contribution is 2.12. The molecule has 0 fully saturated rings. The van der Waals surface area contributed by atoms with Crippen LogP contribution in [0.1, 0.15) is 46.5 Å². The van der Waals surface area contributed by atoms with Gasteiger partial charge in [-0.25, -0.2) is 0 Å². The van der Waals surface area contributed by atoms with Gasteiger partial charge in [-0.3, -0.25) is 4.99 Å². The van der Waals surface area contributed by atoms with Crippen LogP contribution in [0.3, 0.4) is 0 Å². The SMILES string of the molecule is CC(O)C(C)(C)NC1=NCCCCC1. The molecule has 1 heterocycles. The molecule has 1 unspecified atom stereocenters. The highest BCUT2D eigenvalue weighted by atomic mass is 16.3. The number of aliphatic hydroxyl groups excluding tert-OH is 1. The predicted octanol–water partition coefficient (Wildman–Crippen LogP) is 1.71. The van der Waals surface area contributed by atoms with Gasteiger partial charge in [0.1, 0.15) is 0 Å². The molecule has 1 aliphatic rings.